The first-order chi connectivity index (χ1) is 8.53. The number of nitrogens with one attached hydrogen (secondary N) is 1. The van der Waals surface area contributed by atoms with Crippen LogP contribution in [-0.2, 0) is 14.8 Å². The first-order valence-corrected chi connectivity index (χ1v) is 8.37. The summed E-state index contributed by atoms with van der Waals surface area (Å²) in [5, 5.41) is 0. The number of sulfonamides is 1. The Morgan fingerprint density at radius 1 is 1.39 bits per heavy atom. The summed E-state index contributed by atoms with van der Waals surface area (Å²) in [7, 11) is -1.79. The Kier molecular flexibility index (Phi) is 4.63. The molecule has 0 bridgehead atoms. The average Bonchev–Trinajstić information content (AvgIpc) is 3.15. The van der Waals surface area contributed by atoms with Gasteiger partial charge in [-0.1, -0.05) is 0 Å². The molecule has 1 aliphatic rings. The van der Waals surface area contributed by atoms with Crippen molar-refractivity contribution in [1.82, 2.24) is 4.72 Å². The van der Waals surface area contributed by atoms with E-state index in [2.05, 4.69) is 27.3 Å². The largest absolute Gasteiger partial charge is 0.380 e. The predicted octanol–water partition coefficient (Wildman–Crippen LogP) is 1.99. The van der Waals surface area contributed by atoms with Crippen LogP contribution in [0.15, 0.2) is 29.2 Å². The third kappa shape index (κ3) is 3.66. The maximum Gasteiger partial charge on any atom is 0.240 e. The highest BCUT2D eigenvalue weighted by molar-refractivity contribution is 14.1. The van der Waals surface area contributed by atoms with Gasteiger partial charge in [0, 0.05) is 17.2 Å². The molecule has 1 N–H and O–H groups in total. The van der Waals surface area contributed by atoms with Gasteiger partial charge in [0.05, 0.1) is 11.0 Å². The lowest BCUT2D eigenvalue weighted by Gasteiger charge is -2.15. The second-order valence-corrected chi connectivity index (χ2v) is 7.43. The lowest BCUT2D eigenvalue weighted by atomic mass is 10.2. The summed E-state index contributed by atoms with van der Waals surface area (Å²) in [6.07, 6.45) is 2.25. The summed E-state index contributed by atoms with van der Waals surface area (Å²) in [4.78, 5) is 0.300. The zero-order valence-corrected chi connectivity index (χ0v) is 13.1. The van der Waals surface area contributed by atoms with E-state index < -0.39 is 10.0 Å². The first-order valence-electron chi connectivity index (χ1n) is 5.81. The van der Waals surface area contributed by atoms with Crippen LogP contribution < -0.4 is 4.72 Å². The van der Waals surface area contributed by atoms with Crippen molar-refractivity contribution in [2.75, 3.05) is 13.7 Å². The van der Waals surface area contributed by atoms with Gasteiger partial charge in [0.25, 0.3) is 0 Å². The molecule has 1 saturated carbocycles. The lowest BCUT2D eigenvalue weighted by Crippen LogP contribution is -2.34. The summed E-state index contributed by atoms with van der Waals surface area (Å²) >= 11 is 2.14. The highest BCUT2D eigenvalue weighted by atomic mass is 127. The van der Waals surface area contributed by atoms with Crippen molar-refractivity contribution in [3.63, 3.8) is 0 Å². The number of rotatable bonds is 6. The Labute approximate surface area is 121 Å². The molecule has 1 fully saturated rings. The van der Waals surface area contributed by atoms with Gasteiger partial charge in [-0.15, -0.1) is 0 Å². The number of benzene rings is 1. The topological polar surface area (TPSA) is 55.4 Å². The number of hydrogen-bond acceptors (Lipinski definition) is 3. The van der Waals surface area contributed by atoms with E-state index in [-0.39, 0.29) is 6.10 Å². The molecular weight excluding hydrogens is 365 g/mol. The van der Waals surface area contributed by atoms with Crippen LogP contribution in [0.3, 0.4) is 0 Å². The predicted molar refractivity (Wildman–Crippen MR) is 77.9 cm³/mol. The van der Waals surface area contributed by atoms with Gasteiger partial charge in [-0.25, -0.2) is 13.1 Å². The van der Waals surface area contributed by atoms with Gasteiger partial charge in [-0.3, -0.25) is 0 Å². The van der Waals surface area contributed by atoms with Gasteiger partial charge >= 0.3 is 0 Å². The quantitative estimate of drug-likeness (QED) is 0.767. The second-order valence-electron chi connectivity index (χ2n) is 4.42. The minimum absolute atomic E-state index is 0.0105. The van der Waals surface area contributed by atoms with Crippen LogP contribution in [-0.4, -0.2) is 28.2 Å². The Bertz CT molecular complexity index is 497. The molecule has 0 radical (unpaired) electrons. The van der Waals surface area contributed by atoms with Crippen LogP contribution in [0.1, 0.15) is 12.8 Å². The van der Waals surface area contributed by atoms with Crippen LogP contribution in [0, 0.1) is 9.49 Å². The standard InChI is InChI=1S/C12H16INO3S/c1-17-12(9-2-3-9)8-14-18(15,16)11-6-4-10(13)5-7-11/h4-7,9,12,14H,2-3,8H2,1H3. The van der Waals surface area contributed by atoms with Crippen LogP contribution in [0.4, 0.5) is 0 Å². The number of methoxy groups -OCH3 is 1. The van der Waals surface area contributed by atoms with Gasteiger partial charge in [0.15, 0.2) is 0 Å². The van der Waals surface area contributed by atoms with E-state index in [4.69, 9.17) is 4.74 Å². The van der Waals surface area contributed by atoms with Crippen LogP contribution in [0.2, 0.25) is 0 Å². The van der Waals surface area contributed by atoms with Gasteiger partial charge in [-0.05, 0) is 65.6 Å². The van der Waals surface area contributed by atoms with Crippen LogP contribution in [0.25, 0.3) is 0 Å². The zero-order chi connectivity index (χ0) is 13.2. The lowest BCUT2D eigenvalue weighted by molar-refractivity contribution is 0.0884. The number of halogens is 1. The van der Waals surface area contributed by atoms with E-state index in [1.165, 1.54) is 0 Å². The van der Waals surface area contributed by atoms with E-state index in [1.54, 1.807) is 31.4 Å². The average molecular weight is 381 g/mol. The molecule has 1 unspecified atom stereocenters. The van der Waals surface area contributed by atoms with Gasteiger partial charge < -0.3 is 4.74 Å². The fraction of sp³-hybridized carbons (Fsp3) is 0.500. The van der Waals surface area contributed by atoms with Crippen molar-refractivity contribution in [3.05, 3.63) is 27.8 Å². The molecule has 0 saturated heterocycles. The number of hydrogen-bond donors (Lipinski definition) is 1. The summed E-state index contributed by atoms with van der Waals surface area (Å²) in [5.74, 6) is 0.509. The third-order valence-corrected chi connectivity index (χ3v) is 5.21. The van der Waals surface area contributed by atoms with Crippen molar-refractivity contribution in [1.29, 1.82) is 0 Å². The van der Waals surface area contributed by atoms with Crippen molar-refractivity contribution in [2.24, 2.45) is 5.92 Å². The van der Waals surface area contributed by atoms with Crippen LogP contribution >= 0.6 is 22.6 Å². The van der Waals surface area contributed by atoms with E-state index in [0.29, 0.717) is 17.4 Å². The normalized spacial score (nSPS) is 17.7. The number of ether oxygens (including phenoxy) is 1. The van der Waals surface area contributed by atoms with Crippen molar-refractivity contribution in [3.8, 4) is 0 Å². The minimum Gasteiger partial charge on any atom is -0.380 e. The molecule has 1 aliphatic carbocycles. The molecule has 0 aliphatic heterocycles. The molecule has 0 aromatic heterocycles. The molecule has 2 rings (SSSR count). The molecule has 0 spiro atoms. The van der Waals surface area contributed by atoms with Crippen LogP contribution in [0.5, 0.6) is 0 Å². The Hall–Kier alpha value is -0.180. The van der Waals surface area contributed by atoms with Crippen molar-refractivity contribution < 1.29 is 13.2 Å². The Morgan fingerprint density at radius 3 is 2.50 bits per heavy atom. The fourth-order valence-corrected chi connectivity index (χ4v) is 3.20. The summed E-state index contributed by atoms with van der Waals surface area (Å²) in [6, 6.07) is 6.79. The molecule has 4 nitrogen and oxygen atoms in total. The molecule has 18 heavy (non-hydrogen) atoms. The fourth-order valence-electron chi connectivity index (χ4n) is 1.80. The molecule has 6 heteroatoms. The highest BCUT2D eigenvalue weighted by Gasteiger charge is 2.32. The van der Waals surface area contributed by atoms with E-state index in [9.17, 15) is 8.42 Å². The summed E-state index contributed by atoms with van der Waals surface area (Å²) < 4.78 is 33.0. The minimum atomic E-state index is -3.42. The van der Waals surface area contributed by atoms with Gasteiger partial charge in [0.1, 0.15) is 0 Å². The summed E-state index contributed by atoms with van der Waals surface area (Å²) in [6.45, 7) is 0.343. The zero-order valence-electron chi connectivity index (χ0n) is 10.1. The molecule has 0 amide bonds. The smallest absolute Gasteiger partial charge is 0.240 e. The molecule has 1 aromatic rings. The Morgan fingerprint density at radius 2 is 2.00 bits per heavy atom. The van der Waals surface area contributed by atoms with Crippen molar-refractivity contribution in [2.45, 2.75) is 23.8 Å². The van der Waals surface area contributed by atoms with Gasteiger partial charge in [-0.2, -0.15) is 0 Å². The maximum absolute atomic E-state index is 12.0. The third-order valence-electron chi connectivity index (χ3n) is 3.05. The van der Waals surface area contributed by atoms with Gasteiger partial charge in [0.2, 0.25) is 10.0 Å². The molecule has 100 valence electrons. The molecule has 1 aromatic carbocycles. The van der Waals surface area contributed by atoms with E-state index in [0.717, 1.165) is 16.4 Å². The van der Waals surface area contributed by atoms with E-state index >= 15 is 0 Å². The van der Waals surface area contributed by atoms with Crippen molar-refractivity contribution >= 4 is 32.6 Å². The monoisotopic (exact) mass is 381 g/mol. The Balaban J connectivity index is 2.00. The first kappa shape index (κ1) is 14.2. The van der Waals surface area contributed by atoms with E-state index in [1.807, 2.05) is 0 Å². The maximum atomic E-state index is 12.0. The molecule has 0 heterocycles. The highest BCUT2D eigenvalue weighted by Crippen LogP contribution is 2.33. The second kappa shape index (κ2) is 5.85. The molecular formula is C12H16INO3S. The molecule has 1 atom stereocenters. The summed E-state index contributed by atoms with van der Waals surface area (Å²) in [5.41, 5.74) is 0. The SMILES string of the molecule is COC(CNS(=O)(=O)c1ccc(I)cc1)C1CC1.